The van der Waals surface area contributed by atoms with Gasteiger partial charge in [-0.25, -0.2) is 9.37 Å². The Kier molecular flexibility index (Phi) is 6.44. The summed E-state index contributed by atoms with van der Waals surface area (Å²) in [5.74, 6) is -0.210. The minimum Gasteiger partial charge on any atom is -0.488 e. The number of anilines is 1. The van der Waals surface area contributed by atoms with Gasteiger partial charge in [0.05, 0.1) is 6.61 Å². The molecule has 2 aromatic carbocycles. The molecule has 0 bridgehead atoms. The first kappa shape index (κ1) is 19.3. The average Bonchev–Trinajstić information content (AvgIpc) is 3.14. The molecule has 0 saturated heterocycles. The van der Waals surface area contributed by atoms with E-state index in [0.29, 0.717) is 26.2 Å². The molecule has 27 heavy (non-hydrogen) atoms. The maximum atomic E-state index is 13.5. The topological polar surface area (TPSA) is 71.5 Å². The Morgan fingerprint density at radius 1 is 1.33 bits per heavy atom. The molecule has 8 heteroatoms. The summed E-state index contributed by atoms with van der Waals surface area (Å²) in [5, 5.41) is 14.2. The second-order valence-corrected chi connectivity index (χ2v) is 7.70. The Hall–Kier alpha value is -2.42. The molecule has 0 aliphatic rings. The highest BCUT2D eigenvalue weighted by atomic mass is 32.2. The molecule has 0 aliphatic heterocycles. The van der Waals surface area contributed by atoms with Crippen LogP contribution >= 0.6 is 23.1 Å². The molecule has 1 heterocycles. The van der Waals surface area contributed by atoms with Gasteiger partial charge in [0.2, 0.25) is 0 Å². The van der Waals surface area contributed by atoms with E-state index in [2.05, 4.69) is 10.3 Å². The van der Waals surface area contributed by atoms with Crippen LogP contribution in [0.1, 0.15) is 17.3 Å². The van der Waals surface area contributed by atoms with Crippen molar-refractivity contribution in [3.8, 4) is 5.75 Å². The minimum absolute atomic E-state index is 0.151. The van der Waals surface area contributed by atoms with E-state index >= 15 is 0 Å². The van der Waals surface area contributed by atoms with E-state index in [1.807, 2.05) is 0 Å². The summed E-state index contributed by atoms with van der Waals surface area (Å²) in [7, 11) is 0. The van der Waals surface area contributed by atoms with Gasteiger partial charge in [-0.05, 0) is 43.3 Å². The van der Waals surface area contributed by atoms with E-state index < -0.39 is 6.10 Å². The van der Waals surface area contributed by atoms with Crippen molar-refractivity contribution in [2.24, 2.45) is 0 Å². The van der Waals surface area contributed by atoms with Gasteiger partial charge in [-0.3, -0.25) is 10.1 Å². The van der Waals surface area contributed by atoms with Crippen molar-refractivity contribution in [1.82, 2.24) is 4.98 Å². The van der Waals surface area contributed by atoms with Crippen LogP contribution in [-0.2, 0) is 0 Å². The van der Waals surface area contributed by atoms with Crippen LogP contribution in [0, 0.1) is 5.82 Å². The van der Waals surface area contributed by atoms with E-state index in [-0.39, 0.29) is 18.3 Å². The van der Waals surface area contributed by atoms with Crippen molar-refractivity contribution >= 4 is 34.1 Å². The second-order valence-electron chi connectivity index (χ2n) is 5.65. The van der Waals surface area contributed by atoms with Crippen LogP contribution < -0.4 is 10.1 Å². The zero-order valence-corrected chi connectivity index (χ0v) is 16.0. The number of aliphatic hydroxyl groups is 1. The second kappa shape index (κ2) is 8.98. The number of amides is 1. The van der Waals surface area contributed by atoms with Gasteiger partial charge in [0.15, 0.2) is 5.13 Å². The SMILES string of the molecule is CC(CO)Oc1cc(Sc2cccc(F)c2)cc(C(=O)Nc2nccs2)c1. The van der Waals surface area contributed by atoms with Crippen molar-refractivity contribution in [1.29, 1.82) is 0 Å². The third-order valence-electron chi connectivity index (χ3n) is 3.42. The molecule has 2 N–H and O–H groups in total. The number of benzene rings is 2. The highest BCUT2D eigenvalue weighted by Gasteiger charge is 2.13. The quantitative estimate of drug-likeness (QED) is 0.609. The Morgan fingerprint density at radius 3 is 2.89 bits per heavy atom. The number of rotatable bonds is 7. The van der Waals surface area contributed by atoms with Gasteiger partial charge < -0.3 is 9.84 Å². The van der Waals surface area contributed by atoms with Gasteiger partial charge in [-0.2, -0.15) is 0 Å². The molecule has 1 atom stereocenters. The molecule has 5 nitrogen and oxygen atoms in total. The van der Waals surface area contributed by atoms with Gasteiger partial charge in [0, 0.05) is 26.9 Å². The number of carbonyl (C=O) groups excluding carboxylic acids is 1. The Bertz CT molecular complexity index is 919. The molecule has 1 aromatic heterocycles. The Balaban J connectivity index is 1.89. The van der Waals surface area contributed by atoms with E-state index in [1.165, 1.54) is 35.2 Å². The largest absolute Gasteiger partial charge is 0.488 e. The molecule has 0 radical (unpaired) electrons. The van der Waals surface area contributed by atoms with E-state index in [9.17, 15) is 14.3 Å². The molecule has 0 fully saturated rings. The Labute approximate surface area is 164 Å². The fraction of sp³-hybridized carbons (Fsp3) is 0.158. The van der Waals surface area contributed by atoms with E-state index in [0.717, 1.165) is 0 Å². The zero-order valence-electron chi connectivity index (χ0n) is 14.4. The van der Waals surface area contributed by atoms with Gasteiger partial charge in [-0.15, -0.1) is 11.3 Å². The maximum Gasteiger partial charge on any atom is 0.257 e. The molecule has 0 saturated carbocycles. The molecular weight excluding hydrogens is 387 g/mol. The van der Waals surface area contributed by atoms with Crippen molar-refractivity contribution in [3.05, 3.63) is 65.4 Å². The number of nitrogens with zero attached hydrogens (tertiary/aromatic N) is 1. The lowest BCUT2D eigenvalue weighted by Crippen LogP contribution is -2.17. The third kappa shape index (κ3) is 5.53. The summed E-state index contributed by atoms with van der Waals surface area (Å²) in [6, 6.07) is 11.3. The first-order chi connectivity index (χ1) is 13.0. The van der Waals surface area contributed by atoms with Crippen LogP contribution in [0.5, 0.6) is 5.75 Å². The summed E-state index contributed by atoms with van der Waals surface area (Å²) in [5.41, 5.74) is 0.381. The normalized spacial score (nSPS) is 11.8. The number of carbonyl (C=O) groups is 1. The smallest absolute Gasteiger partial charge is 0.257 e. The number of hydrogen-bond acceptors (Lipinski definition) is 6. The number of aliphatic hydroxyl groups excluding tert-OH is 1. The number of thiazole rings is 1. The predicted octanol–water partition coefficient (Wildman–Crippen LogP) is 4.45. The van der Waals surface area contributed by atoms with Crippen LogP contribution in [0.25, 0.3) is 0 Å². The van der Waals surface area contributed by atoms with Crippen LogP contribution in [0.3, 0.4) is 0 Å². The molecule has 0 spiro atoms. The first-order valence-electron chi connectivity index (χ1n) is 8.10. The molecule has 3 rings (SSSR count). The summed E-state index contributed by atoms with van der Waals surface area (Å²) in [4.78, 5) is 18.0. The summed E-state index contributed by atoms with van der Waals surface area (Å²) < 4.78 is 19.1. The van der Waals surface area contributed by atoms with Crippen molar-refractivity contribution in [2.75, 3.05) is 11.9 Å². The number of hydrogen-bond donors (Lipinski definition) is 2. The summed E-state index contributed by atoms with van der Waals surface area (Å²) >= 11 is 2.63. The van der Waals surface area contributed by atoms with Crippen LogP contribution in [0.15, 0.2) is 63.8 Å². The predicted molar refractivity (Wildman–Crippen MR) is 104 cm³/mol. The highest BCUT2D eigenvalue weighted by molar-refractivity contribution is 7.99. The van der Waals surface area contributed by atoms with Crippen LogP contribution in [-0.4, -0.2) is 28.7 Å². The van der Waals surface area contributed by atoms with Crippen LogP contribution in [0.4, 0.5) is 9.52 Å². The Morgan fingerprint density at radius 2 is 2.19 bits per heavy atom. The fourth-order valence-corrected chi connectivity index (χ4v) is 3.70. The maximum absolute atomic E-state index is 13.5. The zero-order chi connectivity index (χ0) is 19.2. The van der Waals surface area contributed by atoms with Gasteiger partial charge in [0.25, 0.3) is 5.91 Å². The fourth-order valence-electron chi connectivity index (χ4n) is 2.22. The van der Waals surface area contributed by atoms with Gasteiger partial charge in [-0.1, -0.05) is 17.8 Å². The standard InChI is InChI=1S/C19H17FN2O3S2/c1-12(11-23)25-15-7-13(18(24)22-19-21-5-6-26-19)8-17(10-15)27-16-4-2-3-14(20)9-16/h2-10,12,23H,11H2,1H3,(H,21,22,24). The molecule has 0 aliphatic carbocycles. The lowest BCUT2D eigenvalue weighted by molar-refractivity contribution is 0.102. The molecule has 140 valence electrons. The molecule has 3 aromatic rings. The minimum atomic E-state index is -0.422. The number of nitrogens with one attached hydrogen (secondary N) is 1. The number of ether oxygens (including phenoxy) is 1. The monoisotopic (exact) mass is 404 g/mol. The third-order valence-corrected chi connectivity index (χ3v) is 5.07. The van der Waals surface area contributed by atoms with Crippen molar-refractivity contribution in [2.45, 2.75) is 22.8 Å². The average molecular weight is 404 g/mol. The van der Waals surface area contributed by atoms with Crippen molar-refractivity contribution < 1.29 is 19.0 Å². The van der Waals surface area contributed by atoms with E-state index in [4.69, 9.17) is 4.74 Å². The summed E-state index contributed by atoms with van der Waals surface area (Å²) in [6.07, 6.45) is 1.18. The van der Waals surface area contributed by atoms with Crippen molar-refractivity contribution in [3.63, 3.8) is 0 Å². The van der Waals surface area contributed by atoms with Gasteiger partial charge in [0.1, 0.15) is 17.7 Å². The first-order valence-corrected chi connectivity index (χ1v) is 9.80. The molecular formula is C19H17FN2O3S2. The van der Waals surface area contributed by atoms with Crippen LogP contribution in [0.2, 0.25) is 0 Å². The molecule has 1 unspecified atom stereocenters. The van der Waals surface area contributed by atoms with E-state index in [1.54, 1.807) is 48.8 Å². The number of aromatic nitrogens is 1. The lowest BCUT2D eigenvalue weighted by atomic mass is 10.2. The highest BCUT2D eigenvalue weighted by Crippen LogP contribution is 2.32. The van der Waals surface area contributed by atoms with Gasteiger partial charge >= 0.3 is 0 Å². The lowest BCUT2D eigenvalue weighted by Gasteiger charge is -2.14. The summed E-state index contributed by atoms with van der Waals surface area (Å²) in [6.45, 7) is 1.57. The number of halogens is 1. The molecule has 1 amide bonds.